The molecule has 2 aromatic carbocycles. The van der Waals surface area contributed by atoms with Crippen LogP contribution >= 0.6 is 0 Å². The lowest BCUT2D eigenvalue weighted by molar-refractivity contribution is -0.139. The Kier molecular flexibility index (Phi) is 7.06. The van der Waals surface area contributed by atoms with Gasteiger partial charge in [-0.2, -0.15) is 0 Å². The van der Waals surface area contributed by atoms with E-state index in [4.69, 9.17) is 14.2 Å². The number of carboxylic acids is 1. The Hall–Kier alpha value is -3.02. The highest BCUT2D eigenvalue weighted by Gasteiger charge is 2.33. The van der Waals surface area contributed by atoms with E-state index >= 15 is 0 Å². The number of ether oxygens (including phenoxy) is 3. The number of methoxy groups -OCH3 is 2. The Morgan fingerprint density at radius 1 is 0.909 bits per heavy atom. The van der Waals surface area contributed by atoms with Crippen molar-refractivity contribution in [1.82, 2.24) is 0 Å². The first kappa shape index (κ1) is 24.6. The number of ketones is 1. The lowest BCUT2D eigenvalue weighted by atomic mass is 9.74. The highest BCUT2D eigenvalue weighted by atomic mass is 16.5. The number of benzene rings is 2. The summed E-state index contributed by atoms with van der Waals surface area (Å²) in [7, 11) is 3.16. The minimum atomic E-state index is -0.805. The summed E-state index contributed by atoms with van der Waals surface area (Å²) < 4.78 is 17.6. The van der Waals surface area contributed by atoms with Gasteiger partial charge in [0.05, 0.1) is 27.2 Å². The van der Waals surface area contributed by atoms with Crippen LogP contribution in [0.15, 0.2) is 30.3 Å². The first-order chi connectivity index (χ1) is 15.5. The highest BCUT2D eigenvalue weighted by molar-refractivity contribution is 6.02. The molecule has 0 heterocycles. The zero-order valence-corrected chi connectivity index (χ0v) is 20.4. The van der Waals surface area contributed by atoms with E-state index in [1.54, 1.807) is 14.2 Å². The van der Waals surface area contributed by atoms with Gasteiger partial charge in [-0.1, -0.05) is 45.9 Å². The third-order valence-electron chi connectivity index (χ3n) is 6.06. The third-order valence-corrected chi connectivity index (χ3v) is 6.06. The van der Waals surface area contributed by atoms with Crippen LogP contribution in [-0.2, 0) is 11.2 Å². The summed E-state index contributed by atoms with van der Waals surface area (Å²) in [6, 6.07) is 9.57. The maximum Gasteiger partial charge on any atom is 0.303 e. The average Bonchev–Trinajstić information content (AvgIpc) is 3.10. The van der Waals surface area contributed by atoms with Crippen molar-refractivity contribution in [2.45, 2.75) is 53.4 Å². The fraction of sp³-hybridized carbons (Fsp3) is 0.481. The van der Waals surface area contributed by atoms with Gasteiger partial charge >= 0.3 is 5.97 Å². The molecule has 2 aromatic rings. The molecular formula is C27H34O6. The first-order valence-electron chi connectivity index (χ1n) is 11.2. The molecule has 0 atom stereocenters. The van der Waals surface area contributed by atoms with E-state index in [2.05, 4.69) is 13.8 Å². The van der Waals surface area contributed by atoms with Crippen LogP contribution in [0.3, 0.4) is 0 Å². The predicted octanol–water partition coefficient (Wildman–Crippen LogP) is 5.80. The minimum Gasteiger partial charge on any atom is -0.493 e. The van der Waals surface area contributed by atoms with Crippen molar-refractivity contribution in [3.8, 4) is 28.4 Å². The second kappa shape index (κ2) is 9.46. The summed E-state index contributed by atoms with van der Waals surface area (Å²) >= 11 is 0. The molecule has 1 aliphatic carbocycles. The van der Waals surface area contributed by atoms with E-state index in [-0.39, 0.29) is 23.0 Å². The molecule has 3 rings (SSSR count). The summed E-state index contributed by atoms with van der Waals surface area (Å²) in [6.07, 6.45) is 1.98. The van der Waals surface area contributed by atoms with Gasteiger partial charge in [0.2, 0.25) is 5.75 Å². The van der Waals surface area contributed by atoms with Crippen LogP contribution in [0.5, 0.6) is 17.2 Å². The molecule has 0 unspecified atom stereocenters. The fourth-order valence-electron chi connectivity index (χ4n) is 5.08. The van der Waals surface area contributed by atoms with Gasteiger partial charge < -0.3 is 19.3 Å². The molecule has 0 spiro atoms. The predicted molar refractivity (Wildman–Crippen MR) is 128 cm³/mol. The van der Waals surface area contributed by atoms with E-state index in [0.29, 0.717) is 43.1 Å². The van der Waals surface area contributed by atoms with E-state index in [1.807, 2.05) is 44.2 Å². The minimum absolute atomic E-state index is 0.0916. The van der Waals surface area contributed by atoms with E-state index in [0.717, 1.165) is 22.3 Å². The molecule has 33 heavy (non-hydrogen) atoms. The van der Waals surface area contributed by atoms with Crippen molar-refractivity contribution in [3.05, 3.63) is 41.5 Å². The normalized spacial score (nSPS) is 13.6. The van der Waals surface area contributed by atoms with Crippen LogP contribution in [0.25, 0.3) is 11.1 Å². The number of rotatable bonds is 10. The molecule has 0 aromatic heterocycles. The van der Waals surface area contributed by atoms with Gasteiger partial charge in [0, 0.05) is 17.5 Å². The second-order valence-electron chi connectivity index (χ2n) is 10.3. The van der Waals surface area contributed by atoms with Crippen molar-refractivity contribution in [2.24, 2.45) is 10.8 Å². The van der Waals surface area contributed by atoms with Crippen LogP contribution < -0.4 is 14.2 Å². The number of carbonyl (C=O) groups excluding carboxylic acids is 1. The summed E-state index contributed by atoms with van der Waals surface area (Å²) in [4.78, 5) is 23.6. The molecule has 1 aliphatic rings. The molecule has 6 nitrogen and oxygen atoms in total. The summed E-state index contributed by atoms with van der Waals surface area (Å²) in [5.41, 5.74) is 2.93. The van der Waals surface area contributed by atoms with E-state index in [9.17, 15) is 14.7 Å². The molecule has 1 N–H and O–H groups in total. The summed E-state index contributed by atoms with van der Waals surface area (Å²) in [5, 5.41) is 9.25. The summed E-state index contributed by atoms with van der Waals surface area (Å²) in [6.45, 7) is 8.43. The van der Waals surface area contributed by atoms with E-state index in [1.165, 1.54) is 0 Å². The van der Waals surface area contributed by atoms with Gasteiger partial charge in [0.25, 0.3) is 0 Å². The Morgan fingerprint density at radius 3 is 2.24 bits per heavy atom. The monoisotopic (exact) mass is 454 g/mol. The Balaban J connectivity index is 1.99. The van der Waals surface area contributed by atoms with Crippen molar-refractivity contribution in [3.63, 3.8) is 0 Å². The zero-order chi connectivity index (χ0) is 24.4. The molecule has 0 fully saturated rings. The number of aliphatic carboxylic acids is 1. The maximum absolute atomic E-state index is 12.3. The molecule has 0 amide bonds. The second-order valence-corrected chi connectivity index (χ2v) is 10.3. The Bertz CT molecular complexity index is 1050. The smallest absolute Gasteiger partial charge is 0.303 e. The maximum atomic E-state index is 12.3. The van der Waals surface area contributed by atoms with Crippen molar-refractivity contribution < 1.29 is 28.9 Å². The van der Waals surface area contributed by atoms with Gasteiger partial charge in [0.15, 0.2) is 17.3 Å². The lowest BCUT2D eigenvalue weighted by Gasteiger charge is -2.34. The average molecular weight is 455 g/mol. The van der Waals surface area contributed by atoms with Gasteiger partial charge in [-0.25, -0.2) is 0 Å². The first-order valence-corrected chi connectivity index (χ1v) is 11.2. The number of hydrogen-bond donors (Lipinski definition) is 1. The lowest BCUT2D eigenvalue weighted by Crippen LogP contribution is -2.30. The number of Topliss-reactive ketones (excluding diaryl/α,β-unsaturated/α-hetero) is 1. The number of fused-ring (bicyclic) bond motifs is 1. The molecule has 0 saturated carbocycles. The zero-order valence-electron chi connectivity index (χ0n) is 20.4. The number of carboxylic acid groups (broad SMARTS) is 1. The van der Waals surface area contributed by atoms with Gasteiger partial charge in [-0.05, 0) is 46.9 Å². The Labute approximate surface area is 195 Å². The highest BCUT2D eigenvalue weighted by Crippen LogP contribution is 2.47. The molecule has 178 valence electrons. The largest absolute Gasteiger partial charge is 0.493 e. The van der Waals surface area contributed by atoms with Crippen molar-refractivity contribution in [2.75, 3.05) is 20.8 Å². The molecule has 0 bridgehead atoms. The summed E-state index contributed by atoms with van der Waals surface area (Å²) in [5.74, 6) is 0.979. The molecular weight excluding hydrogens is 420 g/mol. The molecule has 6 heteroatoms. The molecule has 0 aliphatic heterocycles. The van der Waals surface area contributed by atoms with Gasteiger partial charge in [0.1, 0.15) is 0 Å². The van der Waals surface area contributed by atoms with Gasteiger partial charge in [-0.3, -0.25) is 9.59 Å². The SMILES string of the molecule is COc1ccc(-c2cccc3c2CCC3=O)c(OCC(C)(C)CC(C)(C)CC(=O)O)c1OC. The number of carbonyl (C=O) groups is 2. The van der Waals surface area contributed by atoms with Crippen molar-refractivity contribution >= 4 is 11.8 Å². The standard InChI is InChI=1S/C27H34O6/c1-26(2,14-23(29)30)15-27(3,4)16-33-24-20(11-13-22(31-5)25(24)32-6)17-8-7-9-19-18(17)10-12-21(19)28/h7-9,11,13H,10,12,14-16H2,1-6H3,(H,29,30). The quantitative estimate of drug-likeness (QED) is 0.489. The van der Waals surface area contributed by atoms with Gasteiger partial charge in [-0.15, -0.1) is 0 Å². The third kappa shape index (κ3) is 5.49. The molecule has 0 saturated heterocycles. The van der Waals surface area contributed by atoms with Crippen LogP contribution in [0.2, 0.25) is 0 Å². The van der Waals surface area contributed by atoms with Crippen molar-refractivity contribution in [1.29, 1.82) is 0 Å². The van der Waals surface area contributed by atoms with E-state index < -0.39 is 5.97 Å². The van der Waals surface area contributed by atoms with Crippen LogP contribution in [0.4, 0.5) is 0 Å². The Morgan fingerprint density at radius 2 is 1.61 bits per heavy atom. The molecule has 0 radical (unpaired) electrons. The number of hydrogen-bond acceptors (Lipinski definition) is 5. The van der Waals surface area contributed by atoms with Crippen LogP contribution in [0, 0.1) is 10.8 Å². The fourth-order valence-corrected chi connectivity index (χ4v) is 5.08. The topological polar surface area (TPSA) is 82.1 Å². The van der Waals surface area contributed by atoms with Crippen LogP contribution in [0.1, 0.15) is 62.9 Å². The van der Waals surface area contributed by atoms with Crippen LogP contribution in [-0.4, -0.2) is 37.7 Å².